The Labute approximate surface area is 141 Å². The second-order valence-corrected chi connectivity index (χ2v) is 8.71. The molecule has 0 amide bonds. The molecule has 1 fully saturated rings. The minimum absolute atomic E-state index is 0.403. The molecule has 1 aliphatic rings. The van der Waals surface area contributed by atoms with Crippen molar-refractivity contribution in [3.63, 3.8) is 0 Å². The Morgan fingerprint density at radius 2 is 2.05 bits per heavy atom. The van der Waals surface area contributed by atoms with Gasteiger partial charge in [-0.3, -0.25) is 0 Å². The smallest absolute Gasteiger partial charge is 0.243 e. The summed E-state index contributed by atoms with van der Waals surface area (Å²) in [6, 6.07) is 7.11. The minimum atomic E-state index is -3.38. The van der Waals surface area contributed by atoms with Crippen LogP contribution in [0.5, 0.6) is 0 Å². The SMILES string of the molecule is CCCN(CC1CCCNC1)S(=O)(=O)c1ccc(I)cc1. The van der Waals surface area contributed by atoms with Gasteiger partial charge in [0, 0.05) is 16.7 Å². The van der Waals surface area contributed by atoms with E-state index >= 15 is 0 Å². The van der Waals surface area contributed by atoms with Gasteiger partial charge in [-0.05, 0) is 85.1 Å². The van der Waals surface area contributed by atoms with Gasteiger partial charge in [-0.15, -0.1) is 0 Å². The lowest BCUT2D eigenvalue weighted by Crippen LogP contribution is -2.41. The van der Waals surface area contributed by atoms with E-state index in [0.717, 1.165) is 35.9 Å². The van der Waals surface area contributed by atoms with Crippen molar-refractivity contribution in [1.29, 1.82) is 0 Å². The molecule has 118 valence electrons. The van der Waals surface area contributed by atoms with Crippen molar-refractivity contribution in [2.45, 2.75) is 31.1 Å². The van der Waals surface area contributed by atoms with Crippen LogP contribution in [0, 0.1) is 9.49 Å². The first-order valence-electron chi connectivity index (χ1n) is 7.50. The van der Waals surface area contributed by atoms with E-state index < -0.39 is 10.0 Å². The number of benzene rings is 1. The summed E-state index contributed by atoms with van der Waals surface area (Å²) in [7, 11) is -3.38. The molecule has 1 aromatic carbocycles. The second-order valence-electron chi connectivity index (χ2n) is 5.53. The number of nitrogens with zero attached hydrogens (tertiary/aromatic N) is 1. The molecular weight excluding hydrogens is 399 g/mol. The van der Waals surface area contributed by atoms with Gasteiger partial charge in [-0.25, -0.2) is 8.42 Å². The predicted octanol–water partition coefficient (Wildman–Crippen LogP) is 2.69. The Balaban J connectivity index is 2.16. The fraction of sp³-hybridized carbons (Fsp3) is 0.600. The molecule has 0 radical (unpaired) electrons. The van der Waals surface area contributed by atoms with Crippen molar-refractivity contribution in [1.82, 2.24) is 9.62 Å². The minimum Gasteiger partial charge on any atom is -0.316 e. The van der Waals surface area contributed by atoms with E-state index in [1.165, 1.54) is 0 Å². The molecule has 1 atom stereocenters. The number of hydrogen-bond acceptors (Lipinski definition) is 3. The molecule has 1 heterocycles. The molecule has 0 spiro atoms. The van der Waals surface area contributed by atoms with E-state index in [-0.39, 0.29) is 0 Å². The molecular formula is C15H23IN2O2S. The summed E-state index contributed by atoms with van der Waals surface area (Å²) >= 11 is 2.19. The zero-order chi connectivity index (χ0) is 15.3. The van der Waals surface area contributed by atoms with E-state index in [0.29, 0.717) is 23.9 Å². The number of sulfonamides is 1. The molecule has 6 heteroatoms. The summed E-state index contributed by atoms with van der Waals surface area (Å²) < 4.78 is 28.3. The molecule has 2 rings (SSSR count). The molecule has 0 aliphatic carbocycles. The summed E-state index contributed by atoms with van der Waals surface area (Å²) in [4.78, 5) is 0.403. The average Bonchev–Trinajstić information content (AvgIpc) is 2.48. The first-order valence-corrected chi connectivity index (χ1v) is 10.0. The normalized spacial score (nSPS) is 19.9. The molecule has 1 unspecified atom stereocenters. The largest absolute Gasteiger partial charge is 0.316 e. The molecule has 1 saturated heterocycles. The van der Waals surface area contributed by atoms with Crippen molar-refractivity contribution in [2.75, 3.05) is 26.2 Å². The van der Waals surface area contributed by atoms with E-state index in [1.54, 1.807) is 16.4 Å². The topological polar surface area (TPSA) is 49.4 Å². The lowest BCUT2D eigenvalue weighted by atomic mass is 10.00. The fourth-order valence-electron chi connectivity index (χ4n) is 2.68. The Morgan fingerprint density at radius 1 is 1.33 bits per heavy atom. The lowest BCUT2D eigenvalue weighted by molar-refractivity contribution is 0.291. The maximum Gasteiger partial charge on any atom is 0.243 e. The third-order valence-electron chi connectivity index (χ3n) is 3.79. The monoisotopic (exact) mass is 422 g/mol. The highest BCUT2D eigenvalue weighted by Gasteiger charge is 2.27. The highest BCUT2D eigenvalue weighted by molar-refractivity contribution is 14.1. The molecule has 1 aromatic rings. The van der Waals surface area contributed by atoms with Gasteiger partial charge in [0.25, 0.3) is 0 Å². The van der Waals surface area contributed by atoms with Crippen LogP contribution in [0.2, 0.25) is 0 Å². The van der Waals surface area contributed by atoms with Crippen molar-refractivity contribution in [3.8, 4) is 0 Å². The Bertz CT molecular complexity index is 539. The molecule has 1 aliphatic heterocycles. The second kappa shape index (κ2) is 7.89. The van der Waals surface area contributed by atoms with Crippen LogP contribution >= 0.6 is 22.6 Å². The van der Waals surface area contributed by atoms with Crippen molar-refractivity contribution in [3.05, 3.63) is 27.8 Å². The van der Waals surface area contributed by atoms with Crippen LogP contribution in [0.3, 0.4) is 0 Å². The third kappa shape index (κ3) is 4.64. The van der Waals surface area contributed by atoms with Crippen LogP contribution < -0.4 is 5.32 Å². The van der Waals surface area contributed by atoms with E-state index in [4.69, 9.17) is 0 Å². The number of nitrogens with one attached hydrogen (secondary N) is 1. The van der Waals surface area contributed by atoms with Crippen molar-refractivity contribution < 1.29 is 8.42 Å². The van der Waals surface area contributed by atoms with Crippen LogP contribution in [0.1, 0.15) is 26.2 Å². The molecule has 0 aromatic heterocycles. The highest BCUT2D eigenvalue weighted by Crippen LogP contribution is 2.21. The third-order valence-corrected chi connectivity index (χ3v) is 6.38. The van der Waals surface area contributed by atoms with Gasteiger partial charge in [0.2, 0.25) is 10.0 Å². The first kappa shape index (κ1) is 17.2. The maximum atomic E-state index is 12.8. The number of halogens is 1. The summed E-state index contributed by atoms with van der Waals surface area (Å²) in [6.07, 6.45) is 3.08. The average molecular weight is 422 g/mol. The Morgan fingerprint density at radius 3 is 2.62 bits per heavy atom. The van der Waals surface area contributed by atoms with Crippen LogP contribution in [0.25, 0.3) is 0 Å². The van der Waals surface area contributed by atoms with Crippen LogP contribution in [0.15, 0.2) is 29.2 Å². The number of rotatable bonds is 6. The lowest BCUT2D eigenvalue weighted by Gasteiger charge is -2.29. The van der Waals surface area contributed by atoms with Crippen LogP contribution in [0.4, 0.5) is 0 Å². The summed E-state index contributed by atoms with van der Waals surface area (Å²) in [5.41, 5.74) is 0. The molecule has 0 saturated carbocycles. The maximum absolute atomic E-state index is 12.8. The zero-order valence-corrected chi connectivity index (χ0v) is 15.4. The number of hydrogen-bond donors (Lipinski definition) is 1. The zero-order valence-electron chi connectivity index (χ0n) is 12.4. The molecule has 21 heavy (non-hydrogen) atoms. The number of piperidine rings is 1. The molecule has 1 N–H and O–H groups in total. The van der Waals surface area contributed by atoms with Crippen LogP contribution in [-0.4, -0.2) is 38.9 Å². The molecule has 0 bridgehead atoms. The first-order chi connectivity index (χ1) is 10.0. The van der Waals surface area contributed by atoms with Gasteiger partial charge < -0.3 is 5.32 Å². The van der Waals surface area contributed by atoms with Gasteiger partial charge in [-0.2, -0.15) is 4.31 Å². The Kier molecular flexibility index (Phi) is 6.46. The van der Waals surface area contributed by atoms with Gasteiger partial charge in [0.05, 0.1) is 4.90 Å². The van der Waals surface area contributed by atoms with E-state index in [9.17, 15) is 8.42 Å². The quantitative estimate of drug-likeness (QED) is 0.718. The predicted molar refractivity (Wildman–Crippen MR) is 93.8 cm³/mol. The van der Waals surface area contributed by atoms with Gasteiger partial charge in [0.1, 0.15) is 0 Å². The molecule has 4 nitrogen and oxygen atoms in total. The summed E-state index contributed by atoms with van der Waals surface area (Å²) in [6.45, 7) is 5.20. The van der Waals surface area contributed by atoms with Gasteiger partial charge >= 0.3 is 0 Å². The van der Waals surface area contributed by atoms with Gasteiger partial charge in [-0.1, -0.05) is 6.92 Å². The summed E-state index contributed by atoms with van der Waals surface area (Å²) in [5, 5.41) is 3.36. The fourth-order valence-corrected chi connectivity index (χ4v) is 4.65. The standard InChI is InChI=1S/C15H23IN2O2S/c1-2-10-18(12-13-4-3-9-17-11-13)21(19,20)15-7-5-14(16)6-8-15/h5-8,13,17H,2-4,9-12H2,1H3. The van der Waals surface area contributed by atoms with Crippen LogP contribution in [-0.2, 0) is 10.0 Å². The van der Waals surface area contributed by atoms with Crippen molar-refractivity contribution >= 4 is 32.6 Å². The van der Waals surface area contributed by atoms with Crippen molar-refractivity contribution in [2.24, 2.45) is 5.92 Å². The van der Waals surface area contributed by atoms with E-state index in [1.807, 2.05) is 19.1 Å². The van der Waals surface area contributed by atoms with E-state index in [2.05, 4.69) is 27.9 Å². The van der Waals surface area contributed by atoms with Gasteiger partial charge in [0.15, 0.2) is 0 Å². The summed E-state index contributed by atoms with van der Waals surface area (Å²) in [5.74, 6) is 0.420. The highest BCUT2D eigenvalue weighted by atomic mass is 127. The Hall–Kier alpha value is -0.180.